The molecule has 284 valence electrons. The Morgan fingerprint density at radius 3 is 0.672 bits per heavy atom. The van der Waals surface area contributed by atoms with Gasteiger partial charge in [-0.1, -0.05) is 146 Å². The van der Waals surface area contributed by atoms with Crippen molar-refractivity contribution >= 4 is 22.7 Å². The van der Waals surface area contributed by atoms with E-state index in [1.54, 1.807) is 0 Å². The van der Waals surface area contributed by atoms with E-state index in [1.165, 1.54) is 22.3 Å². The fourth-order valence-electron chi connectivity index (χ4n) is 9.48. The number of benzene rings is 8. The summed E-state index contributed by atoms with van der Waals surface area (Å²) in [6.45, 7) is 0. The molecule has 0 radical (unpaired) electrons. The van der Waals surface area contributed by atoms with E-state index < -0.39 is 0 Å². The highest BCUT2D eigenvalue weighted by Gasteiger charge is 2.47. The lowest BCUT2D eigenvalue weighted by molar-refractivity contribution is 0.257. The standard InChI is InChI=1S/C54H48N4/c55-49-25-21-41(33-45(49)37-13-5-1-6-14-37)53(42-22-26-50(56)46(34-42)38-15-7-2-8-16-38)29-31-54(32-30-53,43-23-27-51(57)47(35-43)39-17-9-3-10-18-39)44-24-28-52(58)48(36-44)40-19-11-4-12-20-40/h1-28,33-36H,29-32,55-58H2. The van der Waals surface area contributed by atoms with Crippen molar-refractivity contribution in [1.29, 1.82) is 0 Å². The van der Waals surface area contributed by atoms with Crippen LogP contribution in [-0.2, 0) is 10.8 Å². The number of anilines is 4. The largest absolute Gasteiger partial charge is 0.398 e. The van der Waals surface area contributed by atoms with E-state index in [1.807, 2.05) is 24.3 Å². The molecule has 1 aliphatic carbocycles. The van der Waals surface area contributed by atoms with Gasteiger partial charge in [0.05, 0.1) is 0 Å². The minimum Gasteiger partial charge on any atom is -0.398 e. The molecule has 9 rings (SSSR count). The molecule has 0 heterocycles. The number of nitrogen functional groups attached to an aromatic ring is 4. The Kier molecular flexibility index (Phi) is 9.55. The van der Waals surface area contributed by atoms with Gasteiger partial charge in [-0.05, 0) is 119 Å². The lowest BCUT2D eigenvalue weighted by Crippen LogP contribution is -2.41. The van der Waals surface area contributed by atoms with E-state index in [4.69, 9.17) is 22.9 Å². The Hall–Kier alpha value is -7.04. The minimum absolute atomic E-state index is 0.343. The van der Waals surface area contributed by atoms with Gasteiger partial charge in [0.1, 0.15) is 0 Å². The number of hydrogen-bond acceptors (Lipinski definition) is 4. The van der Waals surface area contributed by atoms with Crippen LogP contribution in [0.2, 0.25) is 0 Å². The van der Waals surface area contributed by atoms with Crippen LogP contribution in [0.15, 0.2) is 194 Å². The van der Waals surface area contributed by atoms with Gasteiger partial charge in [0.2, 0.25) is 0 Å². The first-order chi connectivity index (χ1) is 28.3. The quantitative estimate of drug-likeness (QED) is 0.116. The molecule has 1 fully saturated rings. The zero-order chi connectivity index (χ0) is 39.7. The monoisotopic (exact) mass is 752 g/mol. The molecule has 0 saturated heterocycles. The molecule has 0 aliphatic heterocycles. The van der Waals surface area contributed by atoms with Crippen molar-refractivity contribution in [1.82, 2.24) is 0 Å². The Morgan fingerprint density at radius 2 is 0.466 bits per heavy atom. The van der Waals surface area contributed by atoms with Gasteiger partial charge in [-0.15, -0.1) is 0 Å². The highest BCUT2D eigenvalue weighted by molar-refractivity contribution is 5.81. The van der Waals surface area contributed by atoms with Crippen molar-refractivity contribution in [2.45, 2.75) is 36.5 Å². The van der Waals surface area contributed by atoms with E-state index >= 15 is 0 Å². The molecule has 0 amide bonds. The third-order valence-corrected chi connectivity index (χ3v) is 12.7. The van der Waals surface area contributed by atoms with Crippen LogP contribution in [0.4, 0.5) is 22.7 Å². The lowest BCUT2D eigenvalue weighted by Gasteiger charge is -2.48. The average molecular weight is 753 g/mol. The Labute approximate surface area is 341 Å². The van der Waals surface area contributed by atoms with Gasteiger partial charge in [-0.3, -0.25) is 0 Å². The van der Waals surface area contributed by atoms with Crippen molar-refractivity contribution in [3.63, 3.8) is 0 Å². The molecule has 8 aromatic carbocycles. The third-order valence-electron chi connectivity index (χ3n) is 12.7. The smallest absolute Gasteiger partial charge is 0.0393 e. The topological polar surface area (TPSA) is 104 Å². The van der Waals surface area contributed by atoms with Crippen LogP contribution in [0, 0.1) is 0 Å². The Bertz CT molecular complexity index is 2330. The highest BCUT2D eigenvalue weighted by atomic mass is 14.6. The van der Waals surface area contributed by atoms with Crippen LogP contribution in [0.3, 0.4) is 0 Å². The third kappa shape index (κ3) is 6.57. The summed E-state index contributed by atoms with van der Waals surface area (Å²) in [6, 6.07) is 68.6. The minimum atomic E-state index is -0.343. The first-order valence-corrected chi connectivity index (χ1v) is 20.2. The van der Waals surface area contributed by atoms with E-state index in [-0.39, 0.29) is 10.8 Å². The van der Waals surface area contributed by atoms with E-state index in [0.717, 1.165) is 92.9 Å². The predicted molar refractivity (Wildman–Crippen MR) is 245 cm³/mol. The molecular formula is C54H48N4. The van der Waals surface area contributed by atoms with Gasteiger partial charge in [0, 0.05) is 55.8 Å². The number of rotatable bonds is 8. The second-order valence-corrected chi connectivity index (χ2v) is 15.8. The van der Waals surface area contributed by atoms with Crippen molar-refractivity contribution in [3.05, 3.63) is 216 Å². The molecule has 1 aliphatic rings. The number of nitrogens with two attached hydrogens (primary N) is 4. The molecule has 0 spiro atoms. The van der Waals surface area contributed by atoms with Gasteiger partial charge in [0.15, 0.2) is 0 Å². The maximum Gasteiger partial charge on any atom is 0.0393 e. The number of hydrogen-bond donors (Lipinski definition) is 4. The molecule has 8 aromatic rings. The Balaban J connectivity index is 1.24. The molecule has 0 aromatic heterocycles. The van der Waals surface area contributed by atoms with Crippen LogP contribution in [0.5, 0.6) is 0 Å². The van der Waals surface area contributed by atoms with Gasteiger partial charge in [-0.2, -0.15) is 0 Å². The van der Waals surface area contributed by atoms with Crippen LogP contribution >= 0.6 is 0 Å². The molecule has 4 nitrogen and oxygen atoms in total. The van der Waals surface area contributed by atoms with E-state index in [2.05, 4.69) is 170 Å². The summed E-state index contributed by atoms with van der Waals surface area (Å²) < 4.78 is 0. The molecule has 0 atom stereocenters. The highest BCUT2D eigenvalue weighted by Crippen LogP contribution is 2.56. The van der Waals surface area contributed by atoms with Crippen LogP contribution in [-0.4, -0.2) is 0 Å². The van der Waals surface area contributed by atoms with Crippen molar-refractivity contribution in [3.8, 4) is 44.5 Å². The van der Waals surface area contributed by atoms with E-state index in [0.29, 0.717) is 0 Å². The lowest BCUT2D eigenvalue weighted by atomic mass is 9.55. The SMILES string of the molecule is Nc1ccc(C2(c3ccc(N)c(-c4ccccc4)c3)CCC(c3ccc(N)c(-c4ccccc4)c3)(c3ccc(N)c(-c4ccccc4)c3)CC2)cc1-c1ccccc1. The predicted octanol–water partition coefficient (Wildman–Crippen LogP) is 12.5. The van der Waals surface area contributed by atoms with Crippen LogP contribution in [0.1, 0.15) is 47.9 Å². The molecule has 4 heteroatoms. The molecule has 8 N–H and O–H groups in total. The maximum absolute atomic E-state index is 6.76. The van der Waals surface area contributed by atoms with E-state index in [9.17, 15) is 0 Å². The Morgan fingerprint density at radius 1 is 0.259 bits per heavy atom. The summed E-state index contributed by atoms with van der Waals surface area (Å²) in [4.78, 5) is 0. The normalized spacial score (nSPS) is 14.5. The first-order valence-electron chi connectivity index (χ1n) is 20.2. The maximum atomic E-state index is 6.76. The molecule has 58 heavy (non-hydrogen) atoms. The summed E-state index contributed by atoms with van der Waals surface area (Å²) in [6.07, 6.45) is 3.50. The summed E-state index contributed by atoms with van der Waals surface area (Å²) in [7, 11) is 0. The molecule has 1 saturated carbocycles. The van der Waals surface area contributed by atoms with Gasteiger partial charge in [0.25, 0.3) is 0 Å². The molecular weight excluding hydrogens is 705 g/mol. The van der Waals surface area contributed by atoms with Crippen molar-refractivity contribution in [2.24, 2.45) is 0 Å². The fraction of sp³-hybridized carbons (Fsp3) is 0.111. The summed E-state index contributed by atoms with van der Waals surface area (Å²) in [5, 5.41) is 0. The summed E-state index contributed by atoms with van der Waals surface area (Å²) in [5.41, 5.74) is 43.0. The molecule has 0 unspecified atom stereocenters. The summed E-state index contributed by atoms with van der Waals surface area (Å²) in [5.74, 6) is 0. The van der Waals surface area contributed by atoms with Crippen LogP contribution in [0.25, 0.3) is 44.5 Å². The molecule has 0 bridgehead atoms. The van der Waals surface area contributed by atoms with Crippen LogP contribution < -0.4 is 22.9 Å². The average Bonchev–Trinajstić information content (AvgIpc) is 3.28. The summed E-state index contributed by atoms with van der Waals surface area (Å²) >= 11 is 0. The second kappa shape index (κ2) is 15.1. The fourth-order valence-corrected chi connectivity index (χ4v) is 9.48. The second-order valence-electron chi connectivity index (χ2n) is 15.8. The first kappa shape index (κ1) is 36.6. The zero-order valence-corrected chi connectivity index (χ0v) is 32.6. The van der Waals surface area contributed by atoms with Gasteiger partial charge in [-0.25, -0.2) is 0 Å². The van der Waals surface area contributed by atoms with Crippen molar-refractivity contribution < 1.29 is 0 Å². The van der Waals surface area contributed by atoms with Gasteiger partial charge >= 0.3 is 0 Å². The van der Waals surface area contributed by atoms with Gasteiger partial charge < -0.3 is 22.9 Å². The van der Waals surface area contributed by atoms with Crippen molar-refractivity contribution in [2.75, 3.05) is 22.9 Å². The zero-order valence-electron chi connectivity index (χ0n) is 32.6.